The van der Waals surface area contributed by atoms with Crippen molar-refractivity contribution >= 4 is 0 Å². The van der Waals surface area contributed by atoms with E-state index < -0.39 is 0 Å². The second-order valence-electron chi connectivity index (χ2n) is 4.65. The molecule has 86 valence electrons. The third-order valence-electron chi connectivity index (χ3n) is 2.47. The molecule has 0 aromatic heterocycles. The van der Waals surface area contributed by atoms with Gasteiger partial charge in [0.25, 0.3) is 0 Å². The smallest absolute Gasteiger partial charge is 0.0927 e. The SMILES string of the molecule is CC(C)Cc1ccc(CNC(C)C#N)cc1. The molecule has 1 aromatic rings. The summed E-state index contributed by atoms with van der Waals surface area (Å²) >= 11 is 0. The molecule has 0 heterocycles. The second-order valence-corrected chi connectivity index (χ2v) is 4.65. The van der Waals surface area contributed by atoms with Crippen LogP contribution in [-0.2, 0) is 13.0 Å². The minimum Gasteiger partial charge on any atom is -0.298 e. The number of benzene rings is 1. The highest BCUT2D eigenvalue weighted by atomic mass is 14.9. The van der Waals surface area contributed by atoms with Gasteiger partial charge >= 0.3 is 0 Å². The summed E-state index contributed by atoms with van der Waals surface area (Å²) in [5.74, 6) is 0.697. The summed E-state index contributed by atoms with van der Waals surface area (Å²) < 4.78 is 0. The monoisotopic (exact) mass is 216 g/mol. The van der Waals surface area contributed by atoms with Crippen molar-refractivity contribution in [3.8, 4) is 6.07 Å². The van der Waals surface area contributed by atoms with E-state index in [1.54, 1.807) is 0 Å². The normalized spacial score (nSPS) is 12.4. The molecule has 0 spiro atoms. The van der Waals surface area contributed by atoms with Gasteiger partial charge in [-0.3, -0.25) is 5.32 Å². The number of hydrogen-bond acceptors (Lipinski definition) is 2. The first kappa shape index (κ1) is 12.7. The fourth-order valence-electron chi connectivity index (χ4n) is 1.58. The average molecular weight is 216 g/mol. The van der Waals surface area contributed by atoms with Gasteiger partial charge in [0, 0.05) is 6.54 Å². The third kappa shape index (κ3) is 4.46. The molecule has 0 aliphatic carbocycles. The van der Waals surface area contributed by atoms with E-state index in [0.29, 0.717) is 5.92 Å². The van der Waals surface area contributed by atoms with E-state index in [1.807, 2.05) is 6.92 Å². The summed E-state index contributed by atoms with van der Waals surface area (Å²) in [6, 6.07) is 10.7. The van der Waals surface area contributed by atoms with Gasteiger partial charge in [0.2, 0.25) is 0 Å². The highest BCUT2D eigenvalue weighted by molar-refractivity contribution is 5.22. The van der Waals surface area contributed by atoms with Crippen LogP contribution in [0.2, 0.25) is 0 Å². The van der Waals surface area contributed by atoms with E-state index in [1.165, 1.54) is 11.1 Å². The Labute approximate surface area is 98.3 Å². The molecule has 0 bridgehead atoms. The summed E-state index contributed by atoms with van der Waals surface area (Å²) in [6.45, 7) is 7.08. The van der Waals surface area contributed by atoms with Gasteiger partial charge in [-0.05, 0) is 30.4 Å². The molecule has 0 saturated carbocycles. The van der Waals surface area contributed by atoms with Crippen molar-refractivity contribution in [2.45, 2.75) is 39.8 Å². The van der Waals surface area contributed by atoms with E-state index in [0.717, 1.165) is 13.0 Å². The van der Waals surface area contributed by atoms with Crippen LogP contribution in [0.5, 0.6) is 0 Å². The van der Waals surface area contributed by atoms with Crippen LogP contribution in [0.15, 0.2) is 24.3 Å². The maximum Gasteiger partial charge on any atom is 0.0927 e. The first-order chi connectivity index (χ1) is 7.61. The van der Waals surface area contributed by atoms with Gasteiger partial charge in [-0.2, -0.15) is 5.26 Å². The molecular formula is C14H20N2. The molecule has 0 aliphatic heterocycles. The second kappa shape index (κ2) is 6.30. The largest absolute Gasteiger partial charge is 0.298 e. The van der Waals surface area contributed by atoms with E-state index >= 15 is 0 Å². The fraction of sp³-hybridized carbons (Fsp3) is 0.500. The molecule has 1 aromatic carbocycles. The van der Waals surface area contributed by atoms with E-state index in [-0.39, 0.29) is 6.04 Å². The summed E-state index contributed by atoms with van der Waals surface area (Å²) in [5, 5.41) is 11.8. The van der Waals surface area contributed by atoms with E-state index in [2.05, 4.69) is 49.5 Å². The zero-order valence-electron chi connectivity index (χ0n) is 10.3. The van der Waals surface area contributed by atoms with Gasteiger partial charge in [0.15, 0.2) is 0 Å². The summed E-state index contributed by atoms with van der Waals surface area (Å²) in [4.78, 5) is 0. The van der Waals surface area contributed by atoms with E-state index in [9.17, 15) is 0 Å². The Bertz CT molecular complexity index is 346. The molecule has 1 atom stereocenters. The van der Waals surface area contributed by atoms with Crippen LogP contribution in [0.25, 0.3) is 0 Å². The molecule has 0 fully saturated rings. The van der Waals surface area contributed by atoms with Gasteiger partial charge in [0.05, 0.1) is 12.1 Å². The summed E-state index contributed by atoms with van der Waals surface area (Å²) in [6.07, 6.45) is 1.13. The molecule has 16 heavy (non-hydrogen) atoms. The highest BCUT2D eigenvalue weighted by Crippen LogP contribution is 2.09. The van der Waals surface area contributed by atoms with Gasteiger partial charge in [-0.1, -0.05) is 38.1 Å². The minimum absolute atomic E-state index is 0.0876. The molecule has 2 nitrogen and oxygen atoms in total. The zero-order chi connectivity index (χ0) is 12.0. The number of hydrogen-bond donors (Lipinski definition) is 1. The van der Waals surface area contributed by atoms with Crippen molar-refractivity contribution in [2.75, 3.05) is 0 Å². The summed E-state index contributed by atoms with van der Waals surface area (Å²) in [7, 11) is 0. The quantitative estimate of drug-likeness (QED) is 0.821. The fourth-order valence-corrected chi connectivity index (χ4v) is 1.58. The lowest BCUT2D eigenvalue weighted by Crippen LogP contribution is -2.23. The van der Waals surface area contributed by atoms with Crippen molar-refractivity contribution in [1.82, 2.24) is 5.32 Å². The van der Waals surface area contributed by atoms with Crippen LogP contribution in [-0.4, -0.2) is 6.04 Å². The molecule has 1 unspecified atom stereocenters. The van der Waals surface area contributed by atoms with Gasteiger partial charge in [0.1, 0.15) is 0 Å². The molecular weight excluding hydrogens is 196 g/mol. The molecule has 1 rings (SSSR count). The Morgan fingerprint density at radius 1 is 1.12 bits per heavy atom. The minimum atomic E-state index is -0.0876. The Balaban J connectivity index is 2.49. The molecule has 2 heteroatoms. The molecule has 0 aliphatic rings. The van der Waals surface area contributed by atoms with Crippen molar-refractivity contribution in [1.29, 1.82) is 5.26 Å². The predicted octanol–water partition coefficient (Wildman–Crippen LogP) is 2.89. The average Bonchev–Trinajstić information content (AvgIpc) is 2.27. The van der Waals surface area contributed by atoms with Crippen molar-refractivity contribution < 1.29 is 0 Å². The van der Waals surface area contributed by atoms with Gasteiger partial charge in [-0.25, -0.2) is 0 Å². The number of nitriles is 1. The predicted molar refractivity (Wildman–Crippen MR) is 66.9 cm³/mol. The Morgan fingerprint density at radius 3 is 2.19 bits per heavy atom. The van der Waals surface area contributed by atoms with Crippen molar-refractivity contribution in [3.63, 3.8) is 0 Å². The molecule has 0 amide bonds. The van der Waals surface area contributed by atoms with Gasteiger partial charge < -0.3 is 0 Å². The Hall–Kier alpha value is -1.33. The van der Waals surface area contributed by atoms with Crippen LogP contribution in [0, 0.1) is 17.2 Å². The van der Waals surface area contributed by atoms with E-state index in [4.69, 9.17) is 5.26 Å². The molecule has 0 radical (unpaired) electrons. The van der Waals surface area contributed by atoms with Crippen LogP contribution in [0.1, 0.15) is 31.9 Å². The molecule has 1 N–H and O–H groups in total. The number of nitrogens with one attached hydrogen (secondary N) is 1. The van der Waals surface area contributed by atoms with Gasteiger partial charge in [-0.15, -0.1) is 0 Å². The number of rotatable bonds is 5. The lowest BCUT2D eigenvalue weighted by atomic mass is 10.0. The zero-order valence-corrected chi connectivity index (χ0v) is 10.3. The van der Waals surface area contributed by atoms with Crippen LogP contribution < -0.4 is 5.32 Å². The first-order valence-electron chi connectivity index (χ1n) is 5.82. The standard InChI is InChI=1S/C14H20N2/c1-11(2)8-13-4-6-14(7-5-13)10-16-12(3)9-15/h4-7,11-12,16H,8,10H2,1-3H3. The lowest BCUT2D eigenvalue weighted by Gasteiger charge is -2.08. The van der Waals surface area contributed by atoms with Crippen molar-refractivity contribution in [2.24, 2.45) is 5.92 Å². The van der Waals surface area contributed by atoms with Crippen LogP contribution >= 0.6 is 0 Å². The lowest BCUT2D eigenvalue weighted by molar-refractivity contribution is 0.638. The van der Waals surface area contributed by atoms with Crippen molar-refractivity contribution in [3.05, 3.63) is 35.4 Å². The first-order valence-corrected chi connectivity index (χ1v) is 5.82. The Morgan fingerprint density at radius 2 is 1.69 bits per heavy atom. The Kier molecular flexibility index (Phi) is 5.01. The maximum absolute atomic E-state index is 8.64. The molecule has 0 saturated heterocycles. The number of nitrogens with zero attached hydrogens (tertiary/aromatic N) is 1. The van der Waals surface area contributed by atoms with Crippen LogP contribution in [0.3, 0.4) is 0 Å². The maximum atomic E-state index is 8.64. The highest BCUT2D eigenvalue weighted by Gasteiger charge is 2.00. The third-order valence-corrected chi connectivity index (χ3v) is 2.47. The van der Waals surface area contributed by atoms with Crippen LogP contribution in [0.4, 0.5) is 0 Å². The topological polar surface area (TPSA) is 35.8 Å². The summed E-state index contributed by atoms with van der Waals surface area (Å²) in [5.41, 5.74) is 2.61.